The van der Waals surface area contributed by atoms with Crippen LogP contribution < -0.4 is 14.8 Å². The van der Waals surface area contributed by atoms with Crippen LogP contribution in [0.5, 0.6) is 11.5 Å². The van der Waals surface area contributed by atoms with Crippen LogP contribution in [0.25, 0.3) is 0 Å². The molecule has 4 heteroatoms. The van der Waals surface area contributed by atoms with Crippen molar-refractivity contribution in [3.8, 4) is 11.5 Å². The van der Waals surface area contributed by atoms with Crippen molar-refractivity contribution in [2.75, 3.05) is 20.8 Å². The van der Waals surface area contributed by atoms with Crippen LogP contribution in [0.1, 0.15) is 24.3 Å². The molecule has 0 aliphatic carbocycles. The Hall–Kier alpha value is -1.52. The normalized spacial score (nSPS) is 11.4. The van der Waals surface area contributed by atoms with Crippen LogP contribution in [-0.4, -0.2) is 20.8 Å². The maximum Gasteiger partial charge on any atom is 0.123 e. The minimum Gasteiger partial charge on any atom is -0.497 e. The Balaban J connectivity index is 2.00. The average molecular weight is 305 g/mol. The van der Waals surface area contributed by atoms with E-state index in [1.807, 2.05) is 18.2 Å². The van der Waals surface area contributed by atoms with Crippen LogP contribution in [-0.2, 0) is 12.0 Å². The number of thiophene rings is 1. The molecule has 1 heterocycles. The van der Waals surface area contributed by atoms with Crippen LogP contribution in [0.4, 0.5) is 0 Å². The maximum atomic E-state index is 5.41. The van der Waals surface area contributed by atoms with Gasteiger partial charge in [0.1, 0.15) is 11.5 Å². The zero-order chi connectivity index (χ0) is 15.3. The van der Waals surface area contributed by atoms with E-state index in [1.165, 1.54) is 4.88 Å². The summed E-state index contributed by atoms with van der Waals surface area (Å²) in [5.74, 6) is 1.74. The van der Waals surface area contributed by atoms with Crippen molar-refractivity contribution >= 4 is 11.3 Å². The van der Waals surface area contributed by atoms with E-state index in [1.54, 1.807) is 25.6 Å². The molecule has 0 radical (unpaired) electrons. The van der Waals surface area contributed by atoms with E-state index >= 15 is 0 Å². The Morgan fingerprint density at radius 1 is 1.14 bits per heavy atom. The average Bonchev–Trinajstić information content (AvgIpc) is 3.02. The third-order valence-corrected chi connectivity index (χ3v) is 4.79. The van der Waals surface area contributed by atoms with E-state index in [0.717, 1.165) is 30.2 Å². The first-order valence-corrected chi connectivity index (χ1v) is 7.90. The lowest BCUT2D eigenvalue weighted by Crippen LogP contribution is -2.32. The summed E-state index contributed by atoms with van der Waals surface area (Å²) in [5, 5.41) is 5.65. The fourth-order valence-corrected chi connectivity index (χ4v) is 3.13. The summed E-state index contributed by atoms with van der Waals surface area (Å²) in [7, 11) is 3.37. The standard InChI is InChI=1S/C17H23NO2S/c1-17(2,16-6-5-9-21-16)12-18-11-13-10-14(19-3)7-8-15(13)20-4/h5-10,18H,11-12H2,1-4H3. The van der Waals surface area contributed by atoms with Gasteiger partial charge in [-0.2, -0.15) is 0 Å². The first-order valence-electron chi connectivity index (χ1n) is 7.02. The van der Waals surface area contributed by atoms with Crippen LogP contribution in [0.3, 0.4) is 0 Å². The molecule has 0 saturated heterocycles. The van der Waals surface area contributed by atoms with Crippen LogP contribution in [0, 0.1) is 0 Å². The van der Waals surface area contributed by atoms with Crippen molar-refractivity contribution in [2.45, 2.75) is 25.8 Å². The minimum atomic E-state index is 0.125. The number of nitrogens with one attached hydrogen (secondary N) is 1. The van der Waals surface area contributed by atoms with Gasteiger partial charge in [0.15, 0.2) is 0 Å². The van der Waals surface area contributed by atoms with E-state index < -0.39 is 0 Å². The number of ether oxygens (including phenoxy) is 2. The molecule has 0 aliphatic heterocycles. The van der Waals surface area contributed by atoms with Crippen molar-refractivity contribution in [2.24, 2.45) is 0 Å². The second-order valence-corrected chi connectivity index (χ2v) is 6.59. The Morgan fingerprint density at radius 2 is 1.95 bits per heavy atom. The Bertz CT molecular complexity index is 564. The lowest BCUT2D eigenvalue weighted by molar-refractivity contribution is 0.394. The second-order valence-electron chi connectivity index (χ2n) is 5.64. The fourth-order valence-electron chi connectivity index (χ4n) is 2.28. The van der Waals surface area contributed by atoms with Gasteiger partial charge in [-0.15, -0.1) is 11.3 Å². The minimum absolute atomic E-state index is 0.125. The Kier molecular flexibility index (Phi) is 5.26. The molecular weight excluding hydrogens is 282 g/mol. The Morgan fingerprint density at radius 3 is 2.57 bits per heavy atom. The van der Waals surface area contributed by atoms with Crippen molar-refractivity contribution in [3.63, 3.8) is 0 Å². The van der Waals surface area contributed by atoms with Crippen molar-refractivity contribution in [1.82, 2.24) is 5.32 Å². The zero-order valence-electron chi connectivity index (χ0n) is 13.1. The van der Waals surface area contributed by atoms with Gasteiger partial charge in [-0.05, 0) is 29.6 Å². The highest BCUT2D eigenvalue weighted by atomic mass is 32.1. The monoisotopic (exact) mass is 305 g/mol. The molecule has 2 rings (SSSR count). The molecule has 0 amide bonds. The molecule has 0 atom stereocenters. The highest BCUT2D eigenvalue weighted by Crippen LogP contribution is 2.27. The molecule has 0 aliphatic rings. The van der Waals surface area contributed by atoms with Gasteiger partial charge in [-0.1, -0.05) is 19.9 Å². The Labute approximate surface area is 130 Å². The van der Waals surface area contributed by atoms with Crippen LogP contribution in [0.2, 0.25) is 0 Å². The SMILES string of the molecule is COc1ccc(OC)c(CNCC(C)(C)c2cccs2)c1. The topological polar surface area (TPSA) is 30.5 Å². The number of hydrogen-bond acceptors (Lipinski definition) is 4. The molecule has 0 unspecified atom stereocenters. The largest absolute Gasteiger partial charge is 0.497 e. The molecule has 0 saturated carbocycles. The van der Waals surface area contributed by atoms with Crippen molar-refractivity contribution < 1.29 is 9.47 Å². The van der Waals surface area contributed by atoms with Gasteiger partial charge in [0.05, 0.1) is 14.2 Å². The van der Waals surface area contributed by atoms with Gasteiger partial charge < -0.3 is 14.8 Å². The number of methoxy groups -OCH3 is 2. The van der Waals surface area contributed by atoms with Gasteiger partial charge in [0, 0.05) is 28.9 Å². The van der Waals surface area contributed by atoms with E-state index in [-0.39, 0.29) is 5.41 Å². The van der Waals surface area contributed by atoms with Crippen molar-refractivity contribution in [1.29, 1.82) is 0 Å². The highest BCUT2D eigenvalue weighted by Gasteiger charge is 2.21. The summed E-state index contributed by atoms with van der Waals surface area (Å²) in [6.07, 6.45) is 0. The first kappa shape index (κ1) is 15.9. The van der Waals surface area contributed by atoms with Gasteiger partial charge in [0.25, 0.3) is 0 Å². The zero-order valence-corrected chi connectivity index (χ0v) is 13.9. The van der Waals surface area contributed by atoms with Gasteiger partial charge >= 0.3 is 0 Å². The summed E-state index contributed by atoms with van der Waals surface area (Å²) in [5.41, 5.74) is 1.24. The maximum absolute atomic E-state index is 5.41. The predicted octanol–water partition coefficient (Wildman–Crippen LogP) is 3.83. The number of rotatable bonds is 7. The smallest absolute Gasteiger partial charge is 0.123 e. The molecule has 3 nitrogen and oxygen atoms in total. The summed E-state index contributed by atoms with van der Waals surface area (Å²) >= 11 is 1.81. The molecule has 1 N–H and O–H groups in total. The predicted molar refractivity (Wildman–Crippen MR) is 88.6 cm³/mol. The van der Waals surface area contributed by atoms with E-state index in [0.29, 0.717) is 0 Å². The van der Waals surface area contributed by atoms with Gasteiger partial charge in [-0.25, -0.2) is 0 Å². The first-order chi connectivity index (χ1) is 10.1. The molecule has 1 aromatic carbocycles. The van der Waals surface area contributed by atoms with E-state index in [2.05, 4.69) is 36.7 Å². The van der Waals surface area contributed by atoms with E-state index in [4.69, 9.17) is 9.47 Å². The van der Waals surface area contributed by atoms with Gasteiger partial charge in [0.2, 0.25) is 0 Å². The molecule has 1 aromatic heterocycles. The molecule has 21 heavy (non-hydrogen) atoms. The quantitative estimate of drug-likeness (QED) is 0.843. The number of hydrogen-bond donors (Lipinski definition) is 1. The van der Waals surface area contributed by atoms with E-state index in [9.17, 15) is 0 Å². The second kappa shape index (κ2) is 6.96. The molecule has 0 bridgehead atoms. The lowest BCUT2D eigenvalue weighted by Gasteiger charge is -2.24. The summed E-state index contributed by atoms with van der Waals surface area (Å²) < 4.78 is 10.7. The molecule has 0 spiro atoms. The van der Waals surface area contributed by atoms with Crippen molar-refractivity contribution in [3.05, 3.63) is 46.2 Å². The molecule has 0 fully saturated rings. The summed E-state index contributed by atoms with van der Waals surface area (Å²) in [6, 6.07) is 10.2. The van der Waals surface area contributed by atoms with Gasteiger partial charge in [-0.3, -0.25) is 0 Å². The lowest BCUT2D eigenvalue weighted by atomic mass is 9.91. The number of benzene rings is 1. The molecule has 2 aromatic rings. The third kappa shape index (κ3) is 3.99. The fraction of sp³-hybridized carbons (Fsp3) is 0.412. The van der Waals surface area contributed by atoms with Crippen LogP contribution in [0.15, 0.2) is 35.7 Å². The molecular formula is C17H23NO2S. The molecule has 114 valence electrons. The third-order valence-electron chi connectivity index (χ3n) is 3.56. The summed E-state index contributed by atoms with van der Waals surface area (Å²) in [6.45, 7) is 6.19. The van der Waals surface area contributed by atoms with Crippen LogP contribution >= 0.6 is 11.3 Å². The summed E-state index contributed by atoms with van der Waals surface area (Å²) in [4.78, 5) is 1.40. The highest BCUT2D eigenvalue weighted by molar-refractivity contribution is 7.10.